The molecule has 2 aliphatic carbocycles. The Morgan fingerprint density at radius 1 is 1.27 bits per heavy atom. The summed E-state index contributed by atoms with van der Waals surface area (Å²) >= 11 is 0. The number of rotatable bonds is 8. The van der Waals surface area contributed by atoms with E-state index in [4.69, 9.17) is 0 Å². The first-order chi connectivity index (χ1) is 12.2. The van der Waals surface area contributed by atoms with Crippen LogP contribution in [0, 0.1) is 40.9 Å². The van der Waals surface area contributed by atoms with Crippen LogP contribution in [-0.2, 0) is 0 Å². The van der Waals surface area contributed by atoms with Gasteiger partial charge in [-0.1, -0.05) is 71.1 Å². The van der Waals surface area contributed by atoms with Crippen LogP contribution in [0.2, 0.25) is 0 Å². The molecule has 1 saturated carbocycles. The molecule has 0 saturated heterocycles. The molecule has 6 atom stereocenters. The Labute approximate surface area is 164 Å². The molecule has 0 bridgehead atoms. The average molecular weight is 357 g/mol. The topological polar surface area (TPSA) is 0 Å². The highest BCUT2D eigenvalue weighted by molar-refractivity contribution is 5.08. The molecule has 0 amide bonds. The highest BCUT2D eigenvalue weighted by Crippen LogP contribution is 2.48. The average Bonchev–Trinajstić information content (AvgIpc) is 2.92. The van der Waals surface area contributed by atoms with Crippen molar-refractivity contribution in [3.63, 3.8) is 0 Å². The van der Waals surface area contributed by atoms with E-state index in [2.05, 4.69) is 72.4 Å². The van der Waals surface area contributed by atoms with E-state index >= 15 is 0 Å². The highest BCUT2D eigenvalue weighted by Gasteiger charge is 2.38. The molecule has 0 aromatic heterocycles. The number of allylic oxidation sites excluding steroid dienone is 5. The summed E-state index contributed by atoms with van der Waals surface area (Å²) in [6.45, 7) is 18.6. The van der Waals surface area contributed by atoms with E-state index in [1.807, 2.05) is 0 Å². The lowest BCUT2D eigenvalue weighted by molar-refractivity contribution is 0.212. The van der Waals surface area contributed by atoms with Crippen LogP contribution in [0.3, 0.4) is 0 Å². The first-order valence-corrected chi connectivity index (χ1v) is 11.2. The van der Waals surface area contributed by atoms with Crippen molar-refractivity contribution in [3.05, 3.63) is 36.5 Å². The molecule has 0 N–H and O–H groups in total. The van der Waals surface area contributed by atoms with Crippen LogP contribution in [0.25, 0.3) is 0 Å². The van der Waals surface area contributed by atoms with Gasteiger partial charge in [0.2, 0.25) is 0 Å². The molecule has 0 heteroatoms. The molecule has 1 fully saturated rings. The molecule has 2 rings (SSSR count). The zero-order valence-corrected chi connectivity index (χ0v) is 18.4. The zero-order chi connectivity index (χ0) is 19.3. The fourth-order valence-electron chi connectivity index (χ4n) is 5.36. The molecule has 0 aliphatic heterocycles. The van der Waals surface area contributed by atoms with Gasteiger partial charge in [-0.2, -0.15) is 0 Å². The molecule has 26 heavy (non-hydrogen) atoms. The van der Waals surface area contributed by atoms with Crippen LogP contribution in [0.1, 0.15) is 86.5 Å². The van der Waals surface area contributed by atoms with Crippen molar-refractivity contribution in [2.45, 2.75) is 86.5 Å². The minimum atomic E-state index is 0.329. The maximum atomic E-state index is 4.33. The Balaban J connectivity index is 2.09. The third-order valence-electron chi connectivity index (χ3n) is 7.14. The van der Waals surface area contributed by atoms with E-state index in [9.17, 15) is 0 Å². The van der Waals surface area contributed by atoms with E-state index in [0.717, 1.165) is 29.6 Å². The largest absolute Gasteiger partial charge is 0.0999 e. The molecule has 0 aromatic carbocycles. The van der Waals surface area contributed by atoms with Crippen LogP contribution in [0.5, 0.6) is 0 Å². The highest BCUT2D eigenvalue weighted by atomic mass is 14.4. The van der Waals surface area contributed by atoms with Gasteiger partial charge in [-0.05, 0) is 92.8 Å². The summed E-state index contributed by atoms with van der Waals surface area (Å²) in [5.74, 6) is 4.70. The van der Waals surface area contributed by atoms with Crippen molar-refractivity contribution < 1.29 is 0 Å². The summed E-state index contributed by atoms with van der Waals surface area (Å²) in [4.78, 5) is 0. The first kappa shape index (κ1) is 21.5. The normalized spacial score (nSPS) is 34.5. The van der Waals surface area contributed by atoms with Crippen molar-refractivity contribution in [1.29, 1.82) is 0 Å². The molecular weight excluding hydrogens is 312 g/mol. The van der Waals surface area contributed by atoms with E-state index < -0.39 is 0 Å². The van der Waals surface area contributed by atoms with Crippen molar-refractivity contribution in [3.8, 4) is 0 Å². The molecule has 148 valence electrons. The SMILES string of the molecule is C=C(C)C1CCC(C)C1CC(C)(/C=C/C(C)C)CCC1C=CCC(C)C1. The van der Waals surface area contributed by atoms with Crippen molar-refractivity contribution in [2.24, 2.45) is 40.9 Å². The Morgan fingerprint density at radius 3 is 2.62 bits per heavy atom. The zero-order valence-electron chi connectivity index (χ0n) is 18.4. The number of hydrogen-bond acceptors (Lipinski definition) is 0. The second-order valence-corrected chi connectivity index (χ2v) is 10.4. The molecular formula is C26H44. The van der Waals surface area contributed by atoms with E-state index in [1.54, 1.807) is 0 Å². The van der Waals surface area contributed by atoms with Gasteiger partial charge in [-0.25, -0.2) is 0 Å². The van der Waals surface area contributed by atoms with Crippen LogP contribution >= 0.6 is 0 Å². The molecule has 6 unspecified atom stereocenters. The van der Waals surface area contributed by atoms with Gasteiger partial charge in [0, 0.05) is 0 Å². The standard InChI is InChI=1S/C26H44/c1-19(2)13-15-26(7,16-14-23-10-8-9-21(5)17-23)18-25-22(6)11-12-24(25)20(3)4/h8,10,13,15,19,21-25H,3,9,11-12,14,16-18H2,1-2,4-7H3/b15-13+. The van der Waals surface area contributed by atoms with Crippen molar-refractivity contribution in [2.75, 3.05) is 0 Å². The lowest BCUT2D eigenvalue weighted by atomic mass is 9.69. The monoisotopic (exact) mass is 356 g/mol. The second-order valence-electron chi connectivity index (χ2n) is 10.4. The minimum absolute atomic E-state index is 0.329. The summed E-state index contributed by atoms with van der Waals surface area (Å²) in [7, 11) is 0. The molecule has 0 heterocycles. The van der Waals surface area contributed by atoms with Gasteiger partial charge in [-0.15, -0.1) is 0 Å². The van der Waals surface area contributed by atoms with Gasteiger partial charge in [0.25, 0.3) is 0 Å². The van der Waals surface area contributed by atoms with Crippen molar-refractivity contribution in [1.82, 2.24) is 0 Å². The summed E-state index contributed by atoms with van der Waals surface area (Å²) in [5.41, 5.74) is 1.74. The molecule has 0 nitrogen and oxygen atoms in total. The van der Waals surface area contributed by atoms with Gasteiger partial charge in [0.15, 0.2) is 0 Å². The Bertz CT molecular complexity index is 508. The van der Waals surface area contributed by atoms with E-state index in [1.165, 1.54) is 50.5 Å². The molecule has 0 spiro atoms. The lowest BCUT2D eigenvalue weighted by Gasteiger charge is -2.35. The quantitative estimate of drug-likeness (QED) is 0.384. The van der Waals surface area contributed by atoms with E-state index in [0.29, 0.717) is 11.3 Å². The predicted molar refractivity (Wildman–Crippen MR) is 117 cm³/mol. The maximum Gasteiger partial charge on any atom is -0.0143 e. The van der Waals surface area contributed by atoms with Crippen LogP contribution in [0.4, 0.5) is 0 Å². The van der Waals surface area contributed by atoms with E-state index in [-0.39, 0.29) is 0 Å². The molecule has 0 radical (unpaired) electrons. The van der Waals surface area contributed by atoms with Gasteiger partial charge < -0.3 is 0 Å². The van der Waals surface area contributed by atoms with Gasteiger partial charge in [0.1, 0.15) is 0 Å². The summed E-state index contributed by atoms with van der Waals surface area (Å²) in [6.07, 6.45) is 19.4. The molecule has 2 aliphatic rings. The maximum absolute atomic E-state index is 4.33. The van der Waals surface area contributed by atoms with Gasteiger partial charge >= 0.3 is 0 Å². The van der Waals surface area contributed by atoms with Crippen LogP contribution < -0.4 is 0 Å². The Kier molecular flexibility index (Phi) is 7.80. The smallest absolute Gasteiger partial charge is 0.0143 e. The molecule has 0 aromatic rings. The lowest BCUT2D eigenvalue weighted by Crippen LogP contribution is -2.25. The summed E-state index contributed by atoms with van der Waals surface area (Å²) < 4.78 is 0. The Hall–Kier alpha value is -0.780. The summed E-state index contributed by atoms with van der Waals surface area (Å²) in [6, 6.07) is 0. The first-order valence-electron chi connectivity index (χ1n) is 11.2. The fraction of sp³-hybridized carbons (Fsp3) is 0.769. The van der Waals surface area contributed by atoms with Gasteiger partial charge in [-0.3, -0.25) is 0 Å². The number of hydrogen-bond donors (Lipinski definition) is 0. The Morgan fingerprint density at radius 2 is 2.00 bits per heavy atom. The van der Waals surface area contributed by atoms with Crippen LogP contribution in [-0.4, -0.2) is 0 Å². The van der Waals surface area contributed by atoms with Gasteiger partial charge in [0.05, 0.1) is 0 Å². The summed E-state index contributed by atoms with van der Waals surface area (Å²) in [5, 5.41) is 0. The minimum Gasteiger partial charge on any atom is -0.0999 e. The van der Waals surface area contributed by atoms with Crippen molar-refractivity contribution >= 4 is 0 Å². The third kappa shape index (κ3) is 6.14. The van der Waals surface area contributed by atoms with Crippen LogP contribution in [0.15, 0.2) is 36.5 Å². The fourth-order valence-corrected chi connectivity index (χ4v) is 5.36. The second kappa shape index (κ2) is 9.43. The third-order valence-corrected chi connectivity index (χ3v) is 7.14. The predicted octanol–water partition coefficient (Wildman–Crippen LogP) is 8.22.